The predicted octanol–water partition coefficient (Wildman–Crippen LogP) is 4.92. The maximum Gasteiger partial charge on any atom is 0.257 e. The summed E-state index contributed by atoms with van der Waals surface area (Å²) in [4.78, 5) is 30.5. The van der Waals surface area contributed by atoms with Crippen molar-refractivity contribution in [3.8, 4) is 11.5 Å². The van der Waals surface area contributed by atoms with E-state index in [-0.39, 0.29) is 17.6 Å². The van der Waals surface area contributed by atoms with E-state index in [0.29, 0.717) is 58.1 Å². The topological polar surface area (TPSA) is 81.4 Å². The molecule has 1 aliphatic rings. The Morgan fingerprint density at radius 3 is 2.57 bits per heavy atom. The maximum absolute atomic E-state index is 13.1. The van der Waals surface area contributed by atoms with Crippen LogP contribution >= 0.6 is 22.9 Å². The van der Waals surface area contributed by atoms with Crippen LogP contribution in [-0.4, -0.2) is 29.9 Å². The molecule has 1 saturated heterocycles. The Hall–Kier alpha value is -2.48. The molecule has 1 aromatic carbocycles. The van der Waals surface area contributed by atoms with Gasteiger partial charge in [0.25, 0.3) is 5.91 Å². The number of ketones is 1. The summed E-state index contributed by atoms with van der Waals surface area (Å²) in [6, 6.07) is 10.0. The molecule has 0 atom stereocenters. The average Bonchev–Trinajstić information content (AvgIpc) is 3.38. The number of halogens is 1. The number of nitrogens with one attached hydrogen (secondary N) is 1. The minimum absolute atomic E-state index is 0.0131. The molecule has 3 aromatic rings. The molecule has 2 aromatic heterocycles. The Morgan fingerprint density at radius 2 is 1.89 bits per heavy atom. The van der Waals surface area contributed by atoms with E-state index in [0.717, 1.165) is 0 Å². The van der Waals surface area contributed by atoms with Crippen molar-refractivity contribution >= 4 is 39.8 Å². The quantitative estimate of drug-likeness (QED) is 0.597. The summed E-state index contributed by atoms with van der Waals surface area (Å²) in [5, 5.41) is 3.67. The molecule has 0 unspecified atom stereocenters. The van der Waals surface area contributed by atoms with Crippen LogP contribution in [0.4, 0.5) is 5.13 Å². The highest BCUT2D eigenvalue weighted by Crippen LogP contribution is 2.35. The number of hydrogen-bond donors (Lipinski definition) is 1. The van der Waals surface area contributed by atoms with Gasteiger partial charge < -0.3 is 9.15 Å². The number of hydrogen-bond acceptors (Lipinski definition) is 6. The van der Waals surface area contributed by atoms with Crippen molar-refractivity contribution in [2.45, 2.75) is 12.8 Å². The van der Waals surface area contributed by atoms with Crippen LogP contribution in [0.3, 0.4) is 0 Å². The molecule has 4 rings (SSSR count). The highest BCUT2D eigenvalue weighted by atomic mass is 35.5. The number of benzene rings is 1. The molecule has 28 heavy (non-hydrogen) atoms. The molecule has 6 nitrogen and oxygen atoms in total. The van der Waals surface area contributed by atoms with E-state index in [1.165, 1.54) is 17.6 Å². The maximum atomic E-state index is 13.1. The summed E-state index contributed by atoms with van der Waals surface area (Å²) >= 11 is 7.03. The number of furan rings is 1. The van der Waals surface area contributed by atoms with Crippen molar-refractivity contribution in [2.24, 2.45) is 5.92 Å². The van der Waals surface area contributed by atoms with Crippen molar-refractivity contribution in [3.63, 3.8) is 0 Å². The van der Waals surface area contributed by atoms with Crippen LogP contribution in [0.1, 0.15) is 32.9 Å². The first-order chi connectivity index (χ1) is 13.6. The fraction of sp³-hybridized carbons (Fsp3) is 0.250. The summed E-state index contributed by atoms with van der Waals surface area (Å²) in [6.45, 7) is 1.15. The third-order valence-electron chi connectivity index (χ3n) is 4.52. The van der Waals surface area contributed by atoms with Crippen LogP contribution in [0, 0.1) is 5.92 Å². The lowest BCUT2D eigenvalue weighted by molar-refractivity contribution is 0.0547. The number of Topliss-reactive ketones (excluding diaryl/α,β-unsaturated/α-hetero) is 1. The van der Waals surface area contributed by atoms with Crippen molar-refractivity contribution in [1.29, 1.82) is 0 Å². The van der Waals surface area contributed by atoms with Gasteiger partial charge in [-0.05, 0) is 49.2 Å². The van der Waals surface area contributed by atoms with E-state index >= 15 is 0 Å². The number of thiazole rings is 1. The summed E-state index contributed by atoms with van der Waals surface area (Å²) in [6.07, 6.45) is 2.89. The van der Waals surface area contributed by atoms with Gasteiger partial charge in [0.1, 0.15) is 10.6 Å². The SMILES string of the molecule is O=C(Nc1nc(-c2ccco2)c(C(=O)C2CCOCC2)s1)c1ccc(Cl)cc1. The summed E-state index contributed by atoms with van der Waals surface area (Å²) < 4.78 is 10.8. The molecule has 8 heteroatoms. The van der Waals surface area contributed by atoms with Crippen molar-refractivity contribution < 1.29 is 18.7 Å². The second-order valence-electron chi connectivity index (χ2n) is 6.39. The predicted molar refractivity (Wildman–Crippen MR) is 107 cm³/mol. The molecule has 0 aliphatic carbocycles. The van der Waals surface area contributed by atoms with E-state index in [1.54, 1.807) is 36.4 Å². The molecule has 0 bridgehead atoms. The number of carbonyl (C=O) groups is 2. The zero-order valence-corrected chi connectivity index (χ0v) is 16.4. The Labute approximate surface area is 170 Å². The normalized spacial score (nSPS) is 14.8. The fourth-order valence-corrected chi connectivity index (χ4v) is 4.15. The first-order valence-corrected chi connectivity index (χ1v) is 10.0. The summed E-state index contributed by atoms with van der Waals surface area (Å²) in [5.74, 6) is 0.0852. The summed E-state index contributed by atoms with van der Waals surface area (Å²) in [5.41, 5.74) is 0.911. The van der Waals surface area contributed by atoms with Crippen LogP contribution in [0.2, 0.25) is 5.02 Å². The van der Waals surface area contributed by atoms with Crippen LogP contribution in [0.25, 0.3) is 11.5 Å². The molecule has 144 valence electrons. The second-order valence-corrected chi connectivity index (χ2v) is 7.82. The Balaban J connectivity index is 1.62. The van der Waals surface area contributed by atoms with Gasteiger partial charge in [0, 0.05) is 29.7 Å². The molecular formula is C20H17ClN2O4S. The molecular weight excluding hydrogens is 400 g/mol. The van der Waals surface area contributed by atoms with Gasteiger partial charge in [-0.25, -0.2) is 4.98 Å². The largest absolute Gasteiger partial charge is 0.463 e. The number of ether oxygens (including phenoxy) is 1. The number of rotatable bonds is 5. The lowest BCUT2D eigenvalue weighted by atomic mass is 9.94. The molecule has 0 spiro atoms. The van der Waals surface area contributed by atoms with Crippen LogP contribution in [-0.2, 0) is 4.74 Å². The molecule has 1 N–H and O–H groups in total. The van der Waals surface area contributed by atoms with Crippen LogP contribution < -0.4 is 5.32 Å². The van der Waals surface area contributed by atoms with Gasteiger partial charge in [-0.15, -0.1) is 0 Å². The average molecular weight is 417 g/mol. The first kappa shape index (κ1) is 18.9. The minimum atomic E-state index is -0.318. The lowest BCUT2D eigenvalue weighted by Crippen LogP contribution is -2.23. The number of nitrogens with zero attached hydrogens (tertiary/aromatic N) is 1. The van der Waals surface area contributed by atoms with Gasteiger partial charge in [-0.1, -0.05) is 22.9 Å². The van der Waals surface area contributed by atoms with Gasteiger partial charge in [0.15, 0.2) is 16.7 Å². The Bertz CT molecular complexity index is 976. The Morgan fingerprint density at radius 1 is 1.14 bits per heavy atom. The third kappa shape index (κ3) is 4.01. The highest BCUT2D eigenvalue weighted by molar-refractivity contribution is 7.18. The third-order valence-corrected chi connectivity index (χ3v) is 5.76. The van der Waals surface area contributed by atoms with Gasteiger partial charge >= 0.3 is 0 Å². The first-order valence-electron chi connectivity index (χ1n) is 8.85. The van der Waals surface area contributed by atoms with Crippen LogP contribution in [0.15, 0.2) is 47.1 Å². The molecule has 0 saturated carbocycles. The fourth-order valence-electron chi connectivity index (χ4n) is 3.04. The van der Waals surface area contributed by atoms with E-state index in [4.69, 9.17) is 20.8 Å². The van der Waals surface area contributed by atoms with Gasteiger partial charge in [0.2, 0.25) is 0 Å². The molecule has 3 heterocycles. The van der Waals surface area contributed by atoms with Crippen molar-refractivity contribution in [2.75, 3.05) is 18.5 Å². The zero-order chi connectivity index (χ0) is 19.5. The molecule has 1 fully saturated rings. The van der Waals surface area contributed by atoms with Crippen molar-refractivity contribution in [3.05, 3.63) is 58.1 Å². The number of anilines is 1. The molecule has 1 amide bonds. The van der Waals surface area contributed by atoms with Gasteiger partial charge in [-0.2, -0.15) is 0 Å². The molecule has 0 radical (unpaired) electrons. The van der Waals surface area contributed by atoms with Crippen LogP contribution in [0.5, 0.6) is 0 Å². The second kappa shape index (κ2) is 8.26. The zero-order valence-electron chi connectivity index (χ0n) is 14.8. The number of amides is 1. The van der Waals surface area contributed by atoms with E-state index < -0.39 is 0 Å². The van der Waals surface area contributed by atoms with Crippen molar-refractivity contribution in [1.82, 2.24) is 4.98 Å². The lowest BCUT2D eigenvalue weighted by Gasteiger charge is -2.20. The standard InChI is InChI=1S/C20H17ClN2O4S/c21-14-5-3-13(4-6-14)19(25)23-20-22-16(15-2-1-9-27-15)18(28-20)17(24)12-7-10-26-11-8-12/h1-6,9,12H,7-8,10-11H2,(H,22,23,25). The number of carbonyl (C=O) groups excluding carboxylic acids is 2. The van der Waals surface area contributed by atoms with E-state index in [9.17, 15) is 9.59 Å². The Kier molecular flexibility index (Phi) is 5.57. The summed E-state index contributed by atoms with van der Waals surface area (Å²) in [7, 11) is 0. The smallest absolute Gasteiger partial charge is 0.257 e. The van der Waals surface area contributed by atoms with Gasteiger partial charge in [0.05, 0.1) is 6.26 Å². The highest BCUT2D eigenvalue weighted by Gasteiger charge is 2.29. The van der Waals surface area contributed by atoms with Gasteiger partial charge in [-0.3, -0.25) is 14.9 Å². The minimum Gasteiger partial charge on any atom is -0.463 e. The monoisotopic (exact) mass is 416 g/mol. The number of aromatic nitrogens is 1. The molecule has 1 aliphatic heterocycles. The van der Waals surface area contributed by atoms with E-state index in [1.807, 2.05) is 0 Å². The van der Waals surface area contributed by atoms with E-state index in [2.05, 4.69) is 10.3 Å².